The van der Waals surface area contributed by atoms with Crippen molar-refractivity contribution in [2.24, 2.45) is 5.73 Å². The molecule has 0 fully saturated rings. The second-order valence-corrected chi connectivity index (χ2v) is 3.06. The molecule has 0 radical (unpaired) electrons. The first-order chi connectivity index (χ1) is 5.59. The summed E-state index contributed by atoms with van der Waals surface area (Å²) in [5.41, 5.74) is 5.49. The standard InChI is InChI=1S/C8H19NO3/c1-2-3-4-5-6(9)7(10)8(11)12/h6-8,10-12H,2-5,9H2,1H3. The summed E-state index contributed by atoms with van der Waals surface area (Å²) in [5.74, 6) is 0. The van der Waals surface area contributed by atoms with Gasteiger partial charge in [-0.25, -0.2) is 0 Å². The lowest BCUT2D eigenvalue weighted by atomic mass is 10.0. The number of aliphatic hydroxyl groups excluding tert-OH is 2. The van der Waals surface area contributed by atoms with Crippen molar-refractivity contribution in [1.29, 1.82) is 0 Å². The van der Waals surface area contributed by atoms with Gasteiger partial charge in [-0.1, -0.05) is 26.2 Å². The van der Waals surface area contributed by atoms with Crippen LogP contribution in [-0.4, -0.2) is 33.8 Å². The van der Waals surface area contributed by atoms with E-state index in [4.69, 9.17) is 21.1 Å². The molecule has 12 heavy (non-hydrogen) atoms. The molecular weight excluding hydrogens is 158 g/mol. The fourth-order valence-electron chi connectivity index (χ4n) is 1.02. The predicted molar refractivity (Wildman–Crippen MR) is 46.3 cm³/mol. The number of unbranched alkanes of at least 4 members (excludes halogenated alkanes) is 2. The maximum Gasteiger partial charge on any atom is 0.179 e. The van der Waals surface area contributed by atoms with Crippen molar-refractivity contribution in [3.05, 3.63) is 0 Å². The Bertz CT molecular complexity index is 108. The Kier molecular flexibility index (Phi) is 6.28. The van der Waals surface area contributed by atoms with Crippen LogP contribution in [0.25, 0.3) is 0 Å². The third-order valence-corrected chi connectivity index (χ3v) is 1.89. The molecule has 4 nitrogen and oxygen atoms in total. The third-order valence-electron chi connectivity index (χ3n) is 1.89. The van der Waals surface area contributed by atoms with Gasteiger partial charge in [-0.3, -0.25) is 0 Å². The van der Waals surface area contributed by atoms with Crippen LogP contribution in [0.15, 0.2) is 0 Å². The summed E-state index contributed by atoms with van der Waals surface area (Å²) >= 11 is 0. The van der Waals surface area contributed by atoms with E-state index in [0.29, 0.717) is 6.42 Å². The molecule has 5 N–H and O–H groups in total. The molecule has 74 valence electrons. The molecule has 0 aromatic rings. The molecule has 2 unspecified atom stereocenters. The zero-order chi connectivity index (χ0) is 9.56. The van der Waals surface area contributed by atoms with Crippen LogP contribution in [0.4, 0.5) is 0 Å². The first-order valence-electron chi connectivity index (χ1n) is 4.39. The molecule has 2 atom stereocenters. The molecular formula is C8H19NO3. The second-order valence-electron chi connectivity index (χ2n) is 3.06. The summed E-state index contributed by atoms with van der Waals surface area (Å²) in [7, 11) is 0. The lowest BCUT2D eigenvalue weighted by Crippen LogP contribution is -2.42. The largest absolute Gasteiger partial charge is 0.386 e. The number of hydrogen-bond donors (Lipinski definition) is 4. The van der Waals surface area contributed by atoms with Gasteiger partial charge in [0.2, 0.25) is 0 Å². The van der Waals surface area contributed by atoms with Gasteiger partial charge in [-0.15, -0.1) is 0 Å². The number of aliphatic hydroxyl groups is 3. The summed E-state index contributed by atoms with van der Waals surface area (Å²) in [5, 5.41) is 26.2. The minimum atomic E-state index is -1.72. The highest BCUT2D eigenvalue weighted by Gasteiger charge is 2.20. The Morgan fingerprint density at radius 3 is 2.17 bits per heavy atom. The Hall–Kier alpha value is -0.160. The van der Waals surface area contributed by atoms with Crippen LogP contribution in [-0.2, 0) is 0 Å². The summed E-state index contributed by atoms with van der Waals surface area (Å²) < 4.78 is 0. The van der Waals surface area contributed by atoms with E-state index in [1.54, 1.807) is 0 Å². The molecule has 0 aliphatic heterocycles. The monoisotopic (exact) mass is 177 g/mol. The number of nitrogens with two attached hydrogens (primary N) is 1. The van der Waals surface area contributed by atoms with E-state index in [2.05, 4.69) is 6.92 Å². The van der Waals surface area contributed by atoms with Crippen molar-refractivity contribution in [1.82, 2.24) is 0 Å². The van der Waals surface area contributed by atoms with Gasteiger partial charge in [0, 0.05) is 6.04 Å². The van der Waals surface area contributed by atoms with Crippen LogP contribution in [0.5, 0.6) is 0 Å². The van der Waals surface area contributed by atoms with Crippen molar-refractivity contribution >= 4 is 0 Å². The second kappa shape index (κ2) is 6.37. The van der Waals surface area contributed by atoms with Crippen LogP contribution < -0.4 is 5.73 Å². The topological polar surface area (TPSA) is 86.7 Å². The fraction of sp³-hybridized carbons (Fsp3) is 1.00. The first kappa shape index (κ1) is 11.8. The number of rotatable bonds is 6. The molecule has 0 amide bonds. The molecule has 0 aromatic heterocycles. The predicted octanol–water partition coefficient (Wildman–Crippen LogP) is -0.434. The van der Waals surface area contributed by atoms with Crippen molar-refractivity contribution in [3.8, 4) is 0 Å². The minimum Gasteiger partial charge on any atom is -0.386 e. The minimum absolute atomic E-state index is 0.531. The first-order valence-corrected chi connectivity index (χ1v) is 4.39. The van der Waals surface area contributed by atoms with Gasteiger partial charge in [-0.2, -0.15) is 0 Å². The summed E-state index contributed by atoms with van der Waals surface area (Å²) in [6, 6.07) is -0.531. The highest BCUT2D eigenvalue weighted by Crippen LogP contribution is 2.06. The van der Waals surface area contributed by atoms with Gasteiger partial charge in [0.05, 0.1) is 0 Å². The van der Waals surface area contributed by atoms with Gasteiger partial charge >= 0.3 is 0 Å². The average Bonchev–Trinajstić information content (AvgIpc) is 2.03. The highest BCUT2D eigenvalue weighted by molar-refractivity contribution is 4.72. The van der Waals surface area contributed by atoms with Crippen LogP contribution in [0, 0.1) is 0 Å². The summed E-state index contributed by atoms with van der Waals surface area (Å²) in [4.78, 5) is 0. The van der Waals surface area contributed by atoms with E-state index >= 15 is 0 Å². The molecule has 0 heterocycles. The van der Waals surface area contributed by atoms with Crippen LogP contribution >= 0.6 is 0 Å². The molecule has 0 aliphatic rings. The molecule has 0 spiro atoms. The van der Waals surface area contributed by atoms with E-state index in [0.717, 1.165) is 19.3 Å². The average molecular weight is 177 g/mol. The van der Waals surface area contributed by atoms with E-state index in [1.807, 2.05) is 0 Å². The van der Waals surface area contributed by atoms with E-state index in [1.165, 1.54) is 0 Å². The Balaban J connectivity index is 3.49. The van der Waals surface area contributed by atoms with Gasteiger partial charge in [0.25, 0.3) is 0 Å². The van der Waals surface area contributed by atoms with Crippen LogP contribution in [0.2, 0.25) is 0 Å². The van der Waals surface area contributed by atoms with Crippen LogP contribution in [0.3, 0.4) is 0 Å². The SMILES string of the molecule is CCCCCC(N)C(O)C(O)O. The molecule has 0 aromatic carbocycles. The highest BCUT2D eigenvalue weighted by atomic mass is 16.5. The Morgan fingerprint density at radius 1 is 1.17 bits per heavy atom. The Morgan fingerprint density at radius 2 is 1.75 bits per heavy atom. The van der Waals surface area contributed by atoms with Crippen LogP contribution in [0.1, 0.15) is 32.6 Å². The lowest BCUT2D eigenvalue weighted by Gasteiger charge is -2.19. The molecule has 0 rings (SSSR count). The fourth-order valence-corrected chi connectivity index (χ4v) is 1.02. The van der Waals surface area contributed by atoms with Gasteiger partial charge in [0.15, 0.2) is 6.29 Å². The van der Waals surface area contributed by atoms with E-state index in [9.17, 15) is 0 Å². The summed E-state index contributed by atoms with van der Waals surface area (Å²) in [6.07, 6.45) is 0.754. The molecule has 0 bridgehead atoms. The molecule has 0 saturated heterocycles. The van der Waals surface area contributed by atoms with E-state index in [-0.39, 0.29) is 0 Å². The van der Waals surface area contributed by atoms with Crippen molar-refractivity contribution in [2.45, 2.75) is 51.0 Å². The van der Waals surface area contributed by atoms with Gasteiger partial charge < -0.3 is 21.1 Å². The normalized spacial score (nSPS) is 16.5. The van der Waals surface area contributed by atoms with Crippen molar-refractivity contribution < 1.29 is 15.3 Å². The quantitative estimate of drug-likeness (QED) is 0.327. The molecule has 0 aliphatic carbocycles. The van der Waals surface area contributed by atoms with Gasteiger partial charge in [-0.05, 0) is 6.42 Å². The molecule has 4 heteroatoms. The van der Waals surface area contributed by atoms with Crippen molar-refractivity contribution in [3.63, 3.8) is 0 Å². The smallest absolute Gasteiger partial charge is 0.179 e. The van der Waals surface area contributed by atoms with E-state index < -0.39 is 18.4 Å². The summed E-state index contributed by atoms with van der Waals surface area (Å²) in [6.45, 7) is 2.07. The molecule has 0 saturated carbocycles. The maximum absolute atomic E-state index is 9.07. The lowest BCUT2D eigenvalue weighted by molar-refractivity contribution is -0.129. The number of hydrogen-bond acceptors (Lipinski definition) is 4. The third kappa shape index (κ3) is 4.66. The Labute approximate surface area is 73.0 Å². The van der Waals surface area contributed by atoms with Gasteiger partial charge in [0.1, 0.15) is 6.10 Å². The maximum atomic E-state index is 9.07. The van der Waals surface area contributed by atoms with Crippen molar-refractivity contribution in [2.75, 3.05) is 0 Å². The zero-order valence-electron chi connectivity index (χ0n) is 7.48. The zero-order valence-corrected chi connectivity index (χ0v) is 7.48.